The van der Waals surface area contributed by atoms with Gasteiger partial charge in [-0.05, 0) is 12.1 Å². The molecular weight excluding hydrogens is 314 g/mol. The molecule has 0 atom stereocenters. The molecule has 21 heavy (non-hydrogen) atoms. The summed E-state index contributed by atoms with van der Waals surface area (Å²) in [6.45, 7) is 0. The van der Waals surface area contributed by atoms with Crippen molar-refractivity contribution in [2.45, 2.75) is 0 Å². The van der Waals surface area contributed by atoms with Crippen molar-refractivity contribution in [2.75, 3.05) is 5.73 Å². The molecule has 0 radical (unpaired) electrons. The van der Waals surface area contributed by atoms with Crippen LogP contribution in [0.25, 0.3) is 22.4 Å². The molecule has 0 aliphatic rings. The first kappa shape index (κ1) is 13.9. The van der Waals surface area contributed by atoms with E-state index >= 15 is 0 Å². The molecule has 0 unspecified atom stereocenters. The Kier molecular flexibility index (Phi) is 3.57. The standard InChI is InChI=1S/C15H9Cl2FN2O/c16-10-6-2-1-4-8(10)14-12(15(19)21-20-14)9-5-3-7-11(17)13(9)18/h1-7H,19H2. The Morgan fingerprint density at radius 3 is 2.38 bits per heavy atom. The first-order valence-corrected chi connectivity index (χ1v) is 6.79. The zero-order chi connectivity index (χ0) is 15.0. The molecule has 0 amide bonds. The Morgan fingerprint density at radius 1 is 0.952 bits per heavy atom. The SMILES string of the molecule is Nc1onc(-c2ccccc2Cl)c1-c1cccc(Cl)c1F. The van der Waals surface area contributed by atoms with Crippen molar-refractivity contribution >= 4 is 29.1 Å². The summed E-state index contributed by atoms with van der Waals surface area (Å²) in [5.41, 5.74) is 7.33. The smallest absolute Gasteiger partial charge is 0.230 e. The largest absolute Gasteiger partial charge is 0.367 e. The van der Waals surface area contributed by atoms with Gasteiger partial charge in [-0.2, -0.15) is 0 Å². The van der Waals surface area contributed by atoms with Gasteiger partial charge >= 0.3 is 0 Å². The van der Waals surface area contributed by atoms with Gasteiger partial charge < -0.3 is 10.3 Å². The lowest BCUT2D eigenvalue weighted by Crippen LogP contribution is -1.92. The number of nitrogens with zero attached hydrogens (tertiary/aromatic N) is 1. The van der Waals surface area contributed by atoms with Crippen molar-refractivity contribution in [3.05, 3.63) is 58.3 Å². The fraction of sp³-hybridized carbons (Fsp3) is 0. The second-order valence-electron chi connectivity index (χ2n) is 4.35. The van der Waals surface area contributed by atoms with Crippen molar-refractivity contribution < 1.29 is 8.91 Å². The van der Waals surface area contributed by atoms with Gasteiger partial charge in [-0.1, -0.05) is 58.7 Å². The van der Waals surface area contributed by atoms with Gasteiger partial charge in [0, 0.05) is 11.1 Å². The molecule has 0 bridgehead atoms. The Labute approximate surface area is 130 Å². The van der Waals surface area contributed by atoms with Crippen molar-refractivity contribution in [1.29, 1.82) is 0 Å². The van der Waals surface area contributed by atoms with E-state index < -0.39 is 5.82 Å². The molecule has 0 fully saturated rings. The highest BCUT2D eigenvalue weighted by Crippen LogP contribution is 2.40. The van der Waals surface area contributed by atoms with Crippen molar-refractivity contribution in [3.8, 4) is 22.4 Å². The van der Waals surface area contributed by atoms with Crippen molar-refractivity contribution in [3.63, 3.8) is 0 Å². The number of nitrogens with two attached hydrogens (primary N) is 1. The maximum absolute atomic E-state index is 14.3. The molecule has 3 aromatic rings. The molecule has 6 heteroatoms. The van der Waals surface area contributed by atoms with Gasteiger partial charge in [-0.15, -0.1) is 0 Å². The van der Waals surface area contributed by atoms with E-state index in [4.69, 9.17) is 33.5 Å². The van der Waals surface area contributed by atoms with E-state index in [9.17, 15) is 4.39 Å². The predicted molar refractivity (Wildman–Crippen MR) is 81.8 cm³/mol. The summed E-state index contributed by atoms with van der Waals surface area (Å²) in [6, 6.07) is 11.7. The quantitative estimate of drug-likeness (QED) is 0.719. The zero-order valence-electron chi connectivity index (χ0n) is 10.6. The summed E-state index contributed by atoms with van der Waals surface area (Å²) in [5.74, 6) is -0.576. The van der Waals surface area contributed by atoms with Gasteiger partial charge in [-0.3, -0.25) is 0 Å². The van der Waals surface area contributed by atoms with Crippen LogP contribution in [0.3, 0.4) is 0 Å². The number of nitrogen functional groups attached to an aromatic ring is 1. The lowest BCUT2D eigenvalue weighted by atomic mass is 10.0. The molecule has 0 aliphatic heterocycles. The van der Waals surface area contributed by atoms with E-state index in [1.165, 1.54) is 6.07 Å². The van der Waals surface area contributed by atoms with Gasteiger partial charge in [-0.25, -0.2) is 4.39 Å². The van der Waals surface area contributed by atoms with Crippen LogP contribution < -0.4 is 5.73 Å². The third kappa shape index (κ3) is 2.37. The lowest BCUT2D eigenvalue weighted by molar-refractivity contribution is 0.439. The van der Waals surface area contributed by atoms with E-state index in [0.717, 1.165) is 0 Å². The van der Waals surface area contributed by atoms with Gasteiger partial charge in [0.25, 0.3) is 0 Å². The summed E-state index contributed by atoms with van der Waals surface area (Å²) < 4.78 is 19.3. The van der Waals surface area contributed by atoms with Gasteiger partial charge in [0.05, 0.1) is 15.6 Å². The van der Waals surface area contributed by atoms with Crippen LogP contribution in [0.15, 0.2) is 47.0 Å². The van der Waals surface area contributed by atoms with E-state index in [2.05, 4.69) is 5.16 Å². The summed E-state index contributed by atoms with van der Waals surface area (Å²) >= 11 is 12.0. The molecule has 2 N–H and O–H groups in total. The average molecular weight is 323 g/mol. The lowest BCUT2D eigenvalue weighted by Gasteiger charge is -2.06. The van der Waals surface area contributed by atoms with E-state index in [-0.39, 0.29) is 16.5 Å². The molecule has 1 heterocycles. The highest BCUT2D eigenvalue weighted by Gasteiger charge is 2.22. The number of rotatable bonds is 2. The fourth-order valence-electron chi connectivity index (χ4n) is 2.10. The Balaban J connectivity index is 2.28. The number of benzene rings is 2. The van der Waals surface area contributed by atoms with Crippen LogP contribution in [0.2, 0.25) is 10.0 Å². The minimum Gasteiger partial charge on any atom is -0.367 e. The minimum absolute atomic E-state index is 0.00166. The molecule has 3 nitrogen and oxygen atoms in total. The van der Waals surface area contributed by atoms with E-state index in [1.54, 1.807) is 36.4 Å². The predicted octanol–water partition coefficient (Wildman–Crippen LogP) is 5.04. The van der Waals surface area contributed by atoms with E-state index in [1.807, 2.05) is 0 Å². The number of halogens is 3. The first-order chi connectivity index (χ1) is 10.1. The molecule has 0 saturated heterocycles. The first-order valence-electron chi connectivity index (χ1n) is 6.04. The number of hydrogen-bond donors (Lipinski definition) is 1. The summed E-state index contributed by atoms with van der Waals surface area (Å²) in [4.78, 5) is 0. The molecule has 3 rings (SSSR count). The summed E-state index contributed by atoms with van der Waals surface area (Å²) in [7, 11) is 0. The molecular formula is C15H9Cl2FN2O. The highest BCUT2D eigenvalue weighted by molar-refractivity contribution is 6.33. The van der Waals surface area contributed by atoms with Crippen LogP contribution >= 0.6 is 23.2 Å². The number of hydrogen-bond acceptors (Lipinski definition) is 3. The van der Waals surface area contributed by atoms with Crippen LogP contribution in [0.1, 0.15) is 0 Å². The molecule has 0 aliphatic carbocycles. The zero-order valence-corrected chi connectivity index (χ0v) is 12.1. The second kappa shape index (κ2) is 5.39. The molecule has 0 spiro atoms. The summed E-state index contributed by atoms with van der Waals surface area (Å²) in [5, 5.41) is 4.37. The maximum atomic E-state index is 14.3. The Bertz CT molecular complexity index is 817. The third-order valence-electron chi connectivity index (χ3n) is 3.07. The second-order valence-corrected chi connectivity index (χ2v) is 5.17. The van der Waals surface area contributed by atoms with Crippen LogP contribution in [0.5, 0.6) is 0 Å². The van der Waals surface area contributed by atoms with Gasteiger partial charge in [0.2, 0.25) is 5.88 Å². The van der Waals surface area contributed by atoms with Crippen LogP contribution in [0, 0.1) is 5.82 Å². The monoisotopic (exact) mass is 322 g/mol. The molecule has 2 aromatic carbocycles. The Hall–Kier alpha value is -2.04. The van der Waals surface area contributed by atoms with Gasteiger partial charge in [0.15, 0.2) is 0 Å². The summed E-state index contributed by atoms with van der Waals surface area (Å²) in [6.07, 6.45) is 0. The van der Waals surface area contributed by atoms with Crippen LogP contribution in [-0.2, 0) is 0 Å². The Morgan fingerprint density at radius 2 is 1.62 bits per heavy atom. The molecule has 106 valence electrons. The number of aromatic nitrogens is 1. The highest BCUT2D eigenvalue weighted by atomic mass is 35.5. The average Bonchev–Trinajstić information content (AvgIpc) is 2.84. The van der Waals surface area contributed by atoms with Gasteiger partial charge in [0.1, 0.15) is 11.5 Å². The normalized spacial score (nSPS) is 10.8. The maximum Gasteiger partial charge on any atom is 0.230 e. The van der Waals surface area contributed by atoms with Crippen molar-refractivity contribution in [2.24, 2.45) is 0 Å². The third-order valence-corrected chi connectivity index (χ3v) is 3.69. The fourth-order valence-corrected chi connectivity index (χ4v) is 2.50. The van der Waals surface area contributed by atoms with Crippen LogP contribution in [0.4, 0.5) is 10.3 Å². The molecule has 0 saturated carbocycles. The minimum atomic E-state index is -0.581. The molecule has 1 aromatic heterocycles. The van der Waals surface area contributed by atoms with Crippen molar-refractivity contribution in [1.82, 2.24) is 5.16 Å². The topological polar surface area (TPSA) is 52.0 Å². The number of anilines is 1. The van der Waals surface area contributed by atoms with Crippen LogP contribution in [-0.4, -0.2) is 5.16 Å². The van der Waals surface area contributed by atoms with E-state index in [0.29, 0.717) is 21.8 Å².